The number of aryl methyl sites for hydroxylation is 1. The highest BCUT2D eigenvalue weighted by molar-refractivity contribution is 5.77. The fraction of sp³-hybridized carbons (Fsp3) is 0.600. The van der Waals surface area contributed by atoms with Crippen LogP contribution in [-0.4, -0.2) is 60.1 Å². The van der Waals surface area contributed by atoms with Crippen molar-refractivity contribution in [3.05, 3.63) is 23.0 Å². The third-order valence-electron chi connectivity index (χ3n) is 4.39. The van der Waals surface area contributed by atoms with Crippen LogP contribution < -0.4 is 10.1 Å². The van der Waals surface area contributed by atoms with Crippen LogP contribution in [0.25, 0.3) is 0 Å². The van der Waals surface area contributed by atoms with Crippen LogP contribution in [0.1, 0.15) is 16.8 Å². The molecule has 1 atom stereocenters. The second-order valence-electron chi connectivity index (χ2n) is 5.76. The molecule has 2 amide bonds. The van der Waals surface area contributed by atoms with Gasteiger partial charge in [-0.3, -0.25) is 4.98 Å². The van der Waals surface area contributed by atoms with Crippen LogP contribution in [0.2, 0.25) is 0 Å². The number of methoxy groups -OCH3 is 1. The van der Waals surface area contributed by atoms with E-state index >= 15 is 0 Å². The molecule has 2 aliphatic heterocycles. The number of hydrogen-bond donors (Lipinski definition) is 1. The molecule has 21 heavy (non-hydrogen) atoms. The van der Waals surface area contributed by atoms with Crippen molar-refractivity contribution in [3.8, 4) is 5.75 Å². The number of fused-ring (bicyclic) bond motifs is 1. The summed E-state index contributed by atoms with van der Waals surface area (Å²) >= 11 is 0. The SMILES string of the molecule is COc1c(C)cnc(CN2CC3CNCCN3C2=O)c1C. The molecular formula is C15H22N4O2. The Morgan fingerprint density at radius 1 is 1.48 bits per heavy atom. The van der Waals surface area contributed by atoms with Crippen molar-refractivity contribution < 1.29 is 9.53 Å². The molecule has 2 fully saturated rings. The molecule has 0 aliphatic carbocycles. The maximum absolute atomic E-state index is 12.4. The van der Waals surface area contributed by atoms with Crippen molar-refractivity contribution >= 4 is 6.03 Å². The monoisotopic (exact) mass is 290 g/mol. The predicted molar refractivity (Wildman–Crippen MR) is 79.4 cm³/mol. The molecule has 0 spiro atoms. The number of piperazine rings is 1. The van der Waals surface area contributed by atoms with Crippen LogP contribution in [-0.2, 0) is 6.54 Å². The summed E-state index contributed by atoms with van der Waals surface area (Å²) in [7, 11) is 1.67. The number of nitrogens with one attached hydrogen (secondary N) is 1. The van der Waals surface area contributed by atoms with Gasteiger partial charge in [0.15, 0.2) is 0 Å². The highest BCUT2D eigenvalue weighted by Crippen LogP contribution is 2.26. The minimum atomic E-state index is 0.127. The summed E-state index contributed by atoms with van der Waals surface area (Å²) in [4.78, 5) is 20.8. The average molecular weight is 290 g/mol. The van der Waals surface area contributed by atoms with Gasteiger partial charge in [0.25, 0.3) is 0 Å². The first-order valence-corrected chi connectivity index (χ1v) is 7.37. The molecule has 0 aromatic carbocycles. The number of aromatic nitrogens is 1. The molecule has 2 saturated heterocycles. The van der Waals surface area contributed by atoms with Crippen LogP contribution in [0.3, 0.4) is 0 Å². The number of rotatable bonds is 3. The van der Waals surface area contributed by atoms with E-state index in [1.807, 2.05) is 29.8 Å². The molecular weight excluding hydrogens is 268 g/mol. The Morgan fingerprint density at radius 2 is 2.29 bits per heavy atom. The topological polar surface area (TPSA) is 57.7 Å². The molecule has 3 heterocycles. The summed E-state index contributed by atoms with van der Waals surface area (Å²) < 4.78 is 5.44. The van der Waals surface area contributed by atoms with E-state index in [0.717, 1.165) is 48.7 Å². The van der Waals surface area contributed by atoms with E-state index in [9.17, 15) is 4.79 Å². The van der Waals surface area contributed by atoms with Gasteiger partial charge in [-0.05, 0) is 13.8 Å². The summed E-state index contributed by atoms with van der Waals surface area (Å²) in [5.74, 6) is 0.867. The minimum absolute atomic E-state index is 0.127. The van der Waals surface area contributed by atoms with E-state index in [-0.39, 0.29) is 6.03 Å². The summed E-state index contributed by atoms with van der Waals surface area (Å²) in [6.07, 6.45) is 1.82. The standard InChI is InChI=1S/C15H22N4O2/c1-10-6-17-13(11(2)14(10)21-3)9-18-8-12-7-16-4-5-19(12)15(18)20/h6,12,16H,4-5,7-9H2,1-3H3. The van der Waals surface area contributed by atoms with Gasteiger partial charge in [-0.2, -0.15) is 0 Å². The molecule has 1 aromatic rings. The zero-order chi connectivity index (χ0) is 15.0. The predicted octanol–water partition coefficient (Wildman–Crippen LogP) is 0.916. The minimum Gasteiger partial charge on any atom is -0.496 e. The van der Waals surface area contributed by atoms with E-state index in [1.165, 1.54) is 0 Å². The van der Waals surface area contributed by atoms with Crippen LogP contribution in [0.15, 0.2) is 6.20 Å². The molecule has 0 saturated carbocycles. The van der Waals surface area contributed by atoms with Crippen molar-refractivity contribution in [3.63, 3.8) is 0 Å². The number of ether oxygens (including phenoxy) is 1. The van der Waals surface area contributed by atoms with Gasteiger partial charge >= 0.3 is 6.03 Å². The van der Waals surface area contributed by atoms with E-state index < -0.39 is 0 Å². The lowest BCUT2D eigenvalue weighted by Gasteiger charge is -2.28. The average Bonchev–Trinajstić information content (AvgIpc) is 2.80. The number of amides is 2. The highest BCUT2D eigenvalue weighted by Gasteiger charge is 2.38. The first-order chi connectivity index (χ1) is 10.1. The summed E-state index contributed by atoms with van der Waals surface area (Å²) in [6, 6.07) is 0.418. The molecule has 2 aliphatic rings. The van der Waals surface area contributed by atoms with Gasteiger partial charge in [0.05, 0.1) is 25.4 Å². The molecule has 1 aromatic heterocycles. The van der Waals surface area contributed by atoms with Crippen molar-refractivity contribution in [2.24, 2.45) is 0 Å². The van der Waals surface area contributed by atoms with Gasteiger partial charge in [0.2, 0.25) is 0 Å². The fourth-order valence-corrected chi connectivity index (χ4v) is 3.23. The number of carbonyl (C=O) groups excluding carboxylic acids is 1. The molecule has 3 rings (SSSR count). The molecule has 0 bridgehead atoms. The van der Waals surface area contributed by atoms with Crippen molar-refractivity contribution in [1.29, 1.82) is 0 Å². The third-order valence-corrected chi connectivity index (χ3v) is 4.39. The van der Waals surface area contributed by atoms with Crippen molar-refractivity contribution in [2.45, 2.75) is 26.4 Å². The zero-order valence-corrected chi connectivity index (χ0v) is 12.8. The van der Waals surface area contributed by atoms with Gasteiger partial charge in [0, 0.05) is 43.5 Å². The first kappa shape index (κ1) is 14.1. The molecule has 6 nitrogen and oxygen atoms in total. The van der Waals surface area contributed by atoms with Crippen LogP contribution in [0, 0.1) is 13.8 Å². The number of nitrogens with zero attached hydrogens (tertiary/aromatic N) is 3. The van der Waals surface area contributed by atoms with E-state index in [0.29, 0.717) is 12.6 Å². The van der Waals surface area contributed by atoms with Gasteiger partial charge in [0.1, 0.15) is 5.75 Å². The lowest BCUT2D eigenvalue weighted by molar-refractivity contribution is 0.178. The second kappa shape index (κ2) is 5.52. The van der Waals surface area contributed by atoms with Gasteiger partial charge < -0.3 is 19.9 Å². The Morgan fingerprint density at radius 3 is 3.00 bits per heavy atom. The highest BCUT2D eigenvalue weighted by atomic mass is 16.5. The van der Waals surface area contributed by atoms with Crippen molar-refractivity contribution in [2.75, 3.05) is 33.3 Å². The number of hydrogen-bond acceptors (Lipinski definition) is 4. The maximum Gasteiger partial charge on any atom is 0.320 e. The van der Waals surface area contributed by atoms with Gasteiger partial charge in [-0.1, -0.05) is 0 Å². The lowest BCUT2D eigenvalue weighted by atomic mass is 10.1. The molecule has 114 valence electrons. The van der Waals surface area contributed by atoms with Crippen LogP contribution >= 0.6 is 0 Å². The Balaban J connectivity index is 1.80. The molecule has 0 radical (unpaired) electrons. The quantitative estimate of drug-likeness (QED) is 0.899. The van der Waals surface area contributed by atoms with Crippen LogP contribution in [0.5, 0.6) is 5.75 Å². The fourth-order valence-electron chi connectivity index (χ4n) is 3.23. The Kier molecular flexibility index (Phi) is 3.71. The van der Waals surface area contributed by atoms with E-state index in [1.54, 1.807) is 7.11 Å². The molecule has 1 unspecified atom stereocenters. The van der Waals surface area contributed by atoms with Crippen LogP contribution in [0.4, 0.5) is 4.79 Å². The first-order valence-electron chi connectivity index (χ1n) is 7.37. The van der Waals surface area contributed by atoms with E-state index in [4.69, 9.17) is 4.74 Å². The van der Waals surface area contributed by atoms with Gasteiger partial charge in [-0.15, -0.1) is 0 Å². The molecule has 1 N–H and O–H groups in total. The largest absolute Gasteiger partial charge is 0.496 e. The Hall–Kier alpha value is -1.82. The third kappa shape index (κ3) is 2.44. The Labute approximate surface area is 125 Å². The zero-order valence-electron chi connectivity index (χ0n) is 12.8. The lowest BCUT2D eigenvalue weighted by Crippen LogP contribution is -2.49. The summed E-state index contributed by atoms with van der Waals surface area (Å²) in [5, 5.41) is 3.34. The number of urea groups is 1. The number of carbonyl (C=O) groups is 1. The maximum atomic E-state index is 12.4. The van der Waals surface area contributed by atoms with Crippen molar-refractivity contribution in [1.82, 2.24) is 20.1 Å². The Bertz CT molecular complexity index is 561. The second-order valence-corrected chi connectivity index (χ2v) is 5.76. The smallest absolute Gasteiger partial charge is 0.320 e. The summed E-state index contributed by atoms with van der Waals surface area (Å²) in [5.41, 5.74) is 2.96. The summed E-state index contributed by atoms with van der Waals surface area (Å²) in [6.45, 7) is 7.86. The van der Waals surface area contributed by atoms with E-state index in [2.05, 4.69) is 10.3 Å². The van der Waals surface area contributed by atoms with Gasteiger partial charge in [-0.25, -0.2) is 4.79 Å². The number of pyridine rings is 1. The normalized spacial score (nSPS) is 21.7. The molecule has 6 heteroatoms.